The molecule has 3 N–H and O–H groups in total. The molecule has 7 nitrogen and oxygen atoms in total. The molecule has 1 fully saturated rings. The van der Waals surface area contributed by atoms with Crippen LogP contribution in [0.25, 0.3) is 11.3 Å². The molecule has 24 heavy (non-hydrogen) atoms. The van der Waals surface area contributed by atoms with E-state index in [0.29, 0.717) is 11.4 Å². The average molecular weight is 394 g/mol. The molecule has 0 atom stereocenters. The Morgan fingerprint density at radius 2 is 1.83 bits per heavy atom. The van der Waals surface area contributed by atoms with Crippen molar-refractivity contribution < 1.29 is 19.8 Å². The number of aromatic amines is 1. The zero-order valence-corrected chi connectivity index (χ0v) is 14.3. The Morgan fingerprint density at radius 3 is 2.42 bits per heavy atom. The molecule has 2 aromatic rings. The first-order valence-electron chi connectivity index (χ1n) is 7.45. The summed E-state index contributed by atoms with van der Waals surface area (Å²) in [5.74, 6) is -1.49. The minimum atomic E-state index is -1.74. The summed E-state index contributed by atoms with van der Waals surface area (Å²) in [7, 11) is 0. The van der Waals surface area contributed by atoms with Gasteiger partial charge in [0.25, 0.3) is 5.91 Å². The highest BCUT2D eigenvalue weighted by Gasteiger charge is 2.40. The lowest BCUT2D eigenvalue weighted by Gasteiger charge is -2.35. The van der Waals surface area contributed by atoms with E-state index in [1.165, 1.54) is 4.90 Å². The summed E-state index contributed by atoms with van der Waals surface area (Å²) in [6.45, 7) is 0.378. The van der Waals surface area contributed by atoms with Gasteiger partial charge in [0, 0.05) is 36.0 Å². The number of carboxylic acids is 1. The molecule has 126 valence electrons. The number of carbonyl (C=O) groups excluding carboxylic acids is 1. The second kappa shape index (κ2) is 6.37. The first-order valence-corrected chi connectivity index (χ1v) is 8.25. The van der Waals surface area contributed by atoms with Gasteiger partial charge in [-0.15, -0.1) is 0 Å². The van der Waals surface area contributed by atoms with Crippen molar-refractivity contribution in [2.75, 3.05) is 13.1 Å². The number of rotatable bonds is 3. The molecule has 0 saturated carbocycles. The number of amides is 1. The fourth-order valence-electron chi connectivity index (χ4n) is 2.66. The van der Waals surface area contributed by atoms with Crippen molar-refractivity contribution in [3.05, 3.63) is 40.5 Å². The quantitative estimate of drug-likeness (QED) is 0.737. The van der Waals surface area contributed by atoms with Crippen LogP contribution in [0.5, 0.6) is 0 Å². The van der Waals surface area contributed by atoms with Gasteiger partial charge >= 0.3 is 5.97 Å². The zero-order valence-electron chi connectivity index (χ0n) is 12.7. The van der Waals surface area contributed by atoms with Crippen LogP contribution >= 0.6 is 15.9 Å². The van der Waals surface area contributed by atoms with Crippen molar-refractivity contribution in [3.8, 4) is 11.3 Å². The summed E-state index contributed by atoms with van der Waals surface area (Å²) < 4.78 is 0.956. The largest absolute Gasteiger partial charge is 0.479 e. The topological polar surface area (TPSA) is 107 Å². The molecule has 0 radical (unpaired) electrons. The van der Waals surface area contributed by atoms with Crippen LogP contribution in [-0.4, -0.2) is 55.9 Å². The molecule has 1 amide bonds. The van der Waals surface area contributed by atoms with Gasteiger partial charge in [-0.25, -0.2) is 4.79 Å². The minimum Gasteiger partial charge on any atom is -0.479 e. The molecular formula is C16H16BrN3O4. The fourth-order valence-corrected chi connectivity index (χ4v) is 2.93. The molecule has 2 heterocycles. The number of nitrogens with one attached hydrogen (secondary N) is 1. The van der Waals surface area contributed by atoms with Crippen LogP contribution in [-0.2, 0) is 4.79 Å². The van der Waals surface area contributed by atoms with E-state index in [1.54, 1.807) is 6.07 Å². The van der Waals surface area contributed by atoms with Crippen LogP contribution in [0.2, 0.25) is 0 Å². The van der Waals surface area contributed by atoms with Gasteiger partial charge in [0.15, 0.2) is 5.60 Å². The summed E-state index contributed by atoms with van der Waals surface area (Å²) >= 11 is 3.37. The summed E-state index contributed by atoms with van der Waals surface area (Å²) in [6, 6.07) is 9.24. The number of hydrogen-bond donors (Lipinski definition) is 3. The highest BCUT2D eigenvalue weighted by molar-refractivity contribution is 9.10. The number of aromatic nitrogens is 2. The molecule has 0 spiro atoms. The fraction of sp³-hybridized carbons (Fsp3) is 0.312. The molecule has 8 heteroatoms. The Hall–Kier alpha value is -2.19. The first-order chi connectivity index (χ1) is 11.4. The number of nitrogens with zero attached hydrogens (tertiary/aromatic N) is 2. The maximum absolute atomic E-state index is 12.5. The molecular weight excluding hydrogens is 378 g/mol. The number of carboxylic acid groups (broad SMARTS) is 1. The van der Waals surface area contributed by atoms with Crippen LogP contribution in [0.4, 0.5) is 0 Å². The van der Waals surface area contributed by atoms with E-state index in [2.05, 4.69) is 26.1 Å². The van der Waals surface area contributed by atoms with Crippen molar-refractivity contribution in [2.45, 2.75) is 18.4 Å². The van der Waals surface area contributed by atoms with Gasteiger partial charge in [-0.05, 0) is 18.2 Å². The van der Waals surface area contributed by atoms with Crippen LogP contribution in [0.3, 0.4) is 0 Å². The number of aliphatic carboxylic acids is 1. The number of benzene rings is 1. The number of halogens is 1. The lowest BCUT2D eigenvalue weighted by molar-refractivity contribution is -0.162. The van der Waals surface area contributed by atoms with Gasteiger partial charge in [0.05, 0.1) is 5.69 Å². The van der Waals surface area contributed by atoms with Crippen LogP contribution in [0, 0.1) is 0 Å². The van der Waals surface area contributed by atoms with E-state index in [1.807, 2.05) is 24.3 Å². The van der Waals surface area contributed by atoms with Gasteiger partial charge in [-0.3, -0.25) is 9.89 Å². The Balaban J connectivity index is 1.71. The maximum Gasteiger partial charge on any atom is 0.335 e. The second-order valence-electron chi connectivity index (χ2n) is 5.80. The second-order valence-corrected chi connectivity index (χ2v) is 6.72. The number of aliphatic hydroxyl groups is 1. The third kappa shape index (κ3) is 3.20. The monoisotopic (exact) mass is 393 g/mol. The SMILES string of the molecule is O=C(c1cc(-c2ccc(Br)cc2)n[nH]1)N1CCC(O)(C(=O)O)CC1. The summed E-state index contributed by atoms with van der Waals surface area (Å²) in [4.78, 5) is 25.1. The minimum absolute atomic E-state index is 0.0157. The standard InChI is InChI=1S/C16H16BrN3O4/c17-11-3-1-10(2-4-11)12-9-13(19-18-12)14(21)20-7-5-16(24,6-8-20)15(22)23/h1-4,9,24H,5-8H2,(H,18,19)(H,22,23). The van der Waals surface area contributed by atoms with E-state index in [9.17, 15) is 14.7 Å². The number of piperidine rings is 1. The normalized spacial score (nSPS) is 16.8. The van der Waals surface area contributed by atoms with Gasteiger partial charge in [0.1, 0.15) is 5.69 Å². The summed E-state index contributed by atoms with van der Waals surface area (Å²) in [5, 5.41) is 25.8. The first kappa shape index (κ1) is 16.7. The van der Waals surface area contributed by atoms with Crippen molar-refractivity contribution in [3.63, 3.8) is 0 Å². The molecule has 0 bridgehead atoms. The highest BCUT2D eigenvalue weighted by atomic mass is 79.9. The third-order valence-electron chi connectivity index (χ3n) is 4.22. The van der Waals surface area contributed by atoms with Crippen LogP contribution < -0.4 is 0 Å². The summed E-state index contributed by atoms with van der Waals surface area (Å²) in [5.41, 5.74) is 0.138. The van der Waals surface area contributed by atoms with Gasteiger partial charge < -0.3 is 15.1 Å². The molecule has 3 rings (SSSR count). The Bertz CT molecular complexity index is 764. The van der Waals surface area contributed by atoms with Gasteiger partial charge in [0.2, 0.25) is 0 Å². The van der Waals surface area contributed by atoms with E-state index < -0.39 is 11.6 Å². The highest BCUT2D eigenvalue weighted by Crippen LogP contribution is 2.25. The van der Waals surface area contributed by atoms with Gasteiger partial charge in [-0.2, -0.15) is 5.10 Å². The van der Waals surface area contributed by atoms with E-state index >= 15 is 0 Å². The van der Waals surface area contributed by atoms with E-state index in [-0.39, 0.29) is 31.8 Å². The molecule has 1 aliphatic heterocycles. The Morgan fingerprint density at radius 1 is 1.21 bits per heavy atom. The molecule has 1 saturated heterocycles. The number of carbonyl (C=O) groups is 2. The lowest BCUT2D eigenvalue weighted by Crippen LogP contribution is -2.50. The third-order valence-corrected chi connectivity index (χ3v) is 4.75. The van der Waals surface area contributed by atoms with Crippen LogP contribution in [0.1, 0.15) is 23.3 Å². The van der Waals surface area contributed by atoms with Crippen molar-refractivity contribution in [2.24, 2.45) is 0 Å². The van der Waals surface area contributed by atoms with Crippen molar-refractivity contribution >= 4 is 27.8 Å². The van der Waals surface area contributed by atoms with E-state index in [0.717, 1.165) is 10.0 Å². The summed E-state index contributed by atoms with van der Waals surface area (Å²) in [6.07, 6.45) is 0.0313. The molecule has 0 aliphatic carbocycles. The molecule has 1 aliphatic rings. The molecule has 1 aromatic carbocycles. The lowest BCUT2D eigenvalue weighted by atomic mass is 9.91. The average Bonchev–Trinajstić information content (AvgIpc) is 3.05. The van der Waals surface area contributed by atoms with Crippen molar-refractivity contribution in [1.29, 1.82) is 0 Å². The Kier molecular flexibility index (Phi) is 4.42. The smallest absolute Gasteiger partial charge is 0.335 e. The maximum atomic E-state index is 12.5. The van der Waals surface area contributed by atoms with Crippen LogP contribution in [0.15, 0.2) is 34.8 Å². The predicted molar refractivity (Wildman–Crippen MR) is 89.4 cm³/mol. The van der Waals surface area contributed by atoms with Gasteiger partial charge in [-0.1, -0.05) is 28.1 Å². The van der Waals surface area contributed by atoms with E-state index in [4.69, 9.17) is 5.11 Å². The Labute approximate surface area is 146 Å². The number of H-pyrrole nitrogens is 1. The van der Waals surface area contributed by atoms with Crippen molar-refractivity contribution in [1.82, 2.24) is 15.1 Å². The number of hydrogen-bond acceptors (Lipinski definition) is 4. The zero-order chi connectivity index (χ0) is 17.3. The predicted octanol–water partition coefficient (Wildman–Crippen LogP) is 1.89. The molecule has 1 aromatic heterocycles. The number of likely N-dealkylation sites (tertiary alicyclic amines) is 1. The molecule has 0 unspecified atom stereocenters.